The first kappa shape index (κ1) is 24.1. The van der Waals surface area contributed by atoms with Gasteiger partial charge in [-0.3, -0.25) is 14.2 Å². The summed E-state index contributed by atoms with van der Waals surface area (Å²) in [5.41, 5.74) is 3.89. The summed E-state index contributed by atoms with van der Waals surface area (Å²) in [6.45, 7) is 2.06. The SMILES string of the molecule is COc1cccc(-n2c(SCc3ccc(C)cc3)nc3cc(C(=O)NC4CCCC4)ccc3c2=O)c1. The summed E-state index contributed by atoms with van der Waals surface area (Å²) in [4.78, 5) is 31.5. The number of hydrogen-bond donors (Lipinski definition) is 1. The number of aryl methyl sites for hydroxylation is 1. The smallest absolute Gasteiger partial charge is 0.266 e. The Morgan fingerprint density at radius 1 is 1.08 bits per heavy atom. The molecule has 0 unspecified atom stereocenters. The van der Waals surface area contributed by atoms with Gasteiger partial charge in [0.15, 0.2) is 5.16 Å². The quantitative estimate of drug-likeness (QED) is 0.262. The van der Waals surface area contributed by atoms with Gasteiger partial charge >= 0.3 is 0 Å². The zero-order valence-corrected chi connectivity index (χ0v) is 21.3. The van der Waals surface area contributed by atoms with E-state index in [1.165, 1.54) is 17.3 Å². The van der Waals surface area contributed by atoms with Crippen molar-refractivity contribution in [3.8, 4) is 11.4 Å². The summed E-state index contributed by atoms with van der Waals surface area (Å²) in [5, 5.41) is 4.15. The van der Waals surface area contributed by atoms with E-state index >= 15 is 0 Å². The highest BCUT2D eigenvalue weighted by Crippen LogP contribution is 2.27. The van der Waals surface area contributed by atoms with Crippen molar-refractivity contribution in [2.24, 2.45) is 0 Å². The van der Waals surface area contributed by atoms with Crippen LogP contribution in [0.2, 0.25) is 0 Å². The molecule has 1 fully saturated rings. The number of fused-ring (bicyclic) bond motifs is 1. The van der Waals surface area contributed by atoms with Crippen molar-refractivity contribution >= 4 is 28.6 Å². The zero-order valence-electron chi connectivity index (χ0n) is 20.5. The van der Waals surface area contributed by atoms with Crippen molar-refractivity contribution < 1.29 is 9.53 Å². The van der Waals surface area contributed by atoms with Gasteiger partial charge in [-0.15, -0.1) is 0 Å². The van der Waals surface area contributed by atoms with Crippen LogP contribution in [0.4, 0.5) is 0 Å². The van der Waals surface area contributed by atoms with E-state index in [2.05, 4.69) is 36.5 Å². The number of aromatic nitrogens is 2. The molecule has 3 aromatic carbocycles. The zero-order chi connectivity index (χ0) is 25.1. The van der Waals surface area contributed by atoms with Gasteiger partial charge in [-0.2, -0.15) is 0 Å². The van der Waals surface area contributed by atoms with Crippen LogP contribution in [0.5, 0.6) is 5.75 Å². The predicted octanol–water partition coefficient (Wildman–Crippen LogP) is 5.67. The lowest BCUT2D eigenvalue weighted by molar-refractivity contribution is 0.0938. The number of carbonyl (C=O) groups is 1. The molecule has 0 saturated heterocycles. The highest BCUT2D eigenvalue weighted by molar-refractivity contribution is 7.98. The van der Waals surface area contributed by atoms with Crippen molar-refractivity contribution in [2.75, 3.05) is 7.11 Å². The summed E-state index contributed by atoms with van der Waals surface area (Å²) in [5.74, 6) is 1.20. The minimum absolute atomic E-state index is 0.114. The molecule has 1 amide bonds. The van der Waals surface area contributed by atoms with Crippen molar-refractivity contribution in [2.45, 2.75) is 49.6 Å². The highest BCUT2D eigenvalue weighted by Gasteiger charge is 2.20. The monoisotopic (exact) mass is 499 g/mol. The molecule has 184 valence electrons. The molecule has 0 atom stereocenters. The van der Waals surface area contributed by atoms with Crippen LogP contribution in [0, 0.1) is 6.92 Å². The maximum Gasteiger partial charge on any atom is 0.266 e. The fourth-order valence-electron chi connectivity index (χ4n) is 4.55. The molecule has 0 bridgehead atoms. The normalized spacial score (nSPS) is 13.7. The van der Waals surface area contributed by atoms with Gasteiger partial charge in [0.2, 0.25) is 0 Å². The van der Waals surface area contributed by atoms with Crippen molar-refractivity contribution in [3.05, 3.63) is 93.8 Å². The number of ether oxygens (including phenoxy) is 1. The van der Waals surface area contributed by atoms with E-state index in [0.717, 1.165) is 31.2 Å². The van der Waals surface area contributed by atoms with Crippen molar-refractivity contribution in [1.29, 1.82) is 0 Å². The molecule has 1 aliphatic carbocycles. The third kappa shape index (κ3) is 5.16. The van der Waals surface area contributed by atoms with Crippen LogP contribution in [-0.4, -0.2) is 28.6 Å². The number of benzene rings is 3. The minimum atomic E-state index is -0.178. The number of carbonyl (C=O) groups excluding carboxylic acids is 1. The average molecular weight is 500 g/mol. The van der Waals surface area contributed by atoms with Crippen LogP contribution < -0.4 is 15.6 Å². The minimum Gasteiger partial charge on any atom is -0.497 e. The Hall–Kier alpha value is -3.58. The molecule has 1 saturated carbocycles. The van der Waals surface area contributed by atoms with E-state index in [1.807, 2.05) is 24.3 Å². The van der Waals surface area contributed by atoms with E-state index in [4.69, 9.17) is 9.72 Å². The van der Waals surface area contributed by atoms with Gasteiger partial charge in [0.25, 0.3) is 11.5 Å². The molecule has 1 aliphatic rings. The first-order valence-corrected chi connectivity index (χ1v) is 13.2. The fourth-order valence-corrected chi connectivity index (χ4v) is 5.52. The van der Waals surface area contributed by atoms with Crippen molar-refractivity contribution in [1.82, 2.24) is 14.9 Å². The third-order valence-electron chi connectivity index (χ3n) is 6.59. The van der Waals surface area contributed by atoms with E-state index in [1.54, 1.807) is 29.9 Å². The molecule has 1 N–H and O–H groups in total. The van der Waals surface area contributed by atoms with Gasteiger partial charge < -0.3 is 10.1 Å². The number of thioether (sulfide) groups is 1. The molecule has 0 radical (unpaired) electrons. The molecule has 6 nitrogen and oxygen atoms in total. The number of nitrogens with one attached hydrogen (secondary N) is 1. The van der Waals surface area contributed by atoms with Gasteiger partial charge in [0.1, 0.15) is 5.75 Å². The first-order chi connectivity index (χ1) is 17.5. The van der Waals surface area contributed by atoms with Crippen LogP contribution >= 0.6 is 11.8 Å². The molecule has 0 aliphatic heterocycles. The molecular formula is C29H29N3O3S. The standard InChI is InChI=1S/C29H29N3O3S/c1-19-10-12-20(13-11-19)18-36-29-31-26-16-21(27(33)30-22-6-3-4-7-22)14-15-25(26)28(34)32(29)23-8-5-9-24(17-23)35-2/h5,8-17,22H,3-4,6-7,18H2,1-2H3,(H,30,33). The molecule has 7 heteroatoms. The number of hydrogen-bond acceptors (Lipinski definition) is 5. The van der Waals surface area contributed by atoms with Gasteiger partial charge in [-0.25, -0.2) is 4.98 Å². The fraction of sp³-hybridized carbons (Fsp3) is 0.276. The Kier molecular flexibility index (Phi) is 7.09. The second-order valence-corrected chi connectivity index (χ2v) is 10.1. The molecule has 36 heavy (non-hydrogen) atoms. The number of nitrogens with zero attached hydrogens (tertiary/aromatic N) is 2. The van der Waals surface area contributed by atoms with Crippen molar-refractivity contribution in [3.63, 3.8) is 0 Å². The summed E-state index contributed by atoms with van der Waals surface area (Å²) in [6, 6.07) is 21.1. The molecule has 1 aromatic heterocycles. The van der Waals surface area contributed by atoms with E-state index in [9.17, 15) is 9.59 Å². The Morgan fingerprint density at radius 3 is 2.61 bits per heavy atom. The number of rotatable bonds is 7. The van der Waals surface area contributed by atoms with Crippen LogP contribution in [0.1, 0.15) is 47.2 Å². The average Bonchev–Trinajstić information content (AvgIpc) is 3.41. The van der Waals surface area contributed by atoms with Crippen LogP contribution in [0.25, 0.3) is 16.6 Å². The first-order valence-electron chi connectivity index (χ1n) is 12.2. The Labute approximate surface area is 214 Å². The second kappa shape index (κ2) is 10.6. The predicted molar refractivity (Wildman–Crippen MR) is 144 cm³/mol. The second-order valence-electron chi connectivity index (χ2n) is 9.20. The van der Waals surface area contributed by atoms with Crippen LogP contribution in [0.15, 0.2) is 76.7 Å². The van der Waals surface area contributed by atoms with Gasteiger partial charge in [0.05, 0.1) is 23.7 Å². The highest BCUT2D eigenvalue weighted by atomic mass is 32.2. The topological polar surface area (TPSA) is 73.2 Å². The van der Waals surface area contributed by atoms with E-state index in [0.29, 0.717) is 38.8 Å². The van der Waals surface area contributed by atoms with Gasteiger partial charge in [0, 0.05) is 23.4 Å². The summed E-state index contributed by atoms with van der Waals surface area (Å²) in [7, 11) is 1.60. The lowest BCUT2D eigenvalue weighted by Gasteiger charge is -2.15. The van der Waals surface area contributed by atoms with E-state index < -0.39 is 0 Å². The van der Waals surface area contributed by atoms with E-state index in [-0.39, 0.29) is 17.5 Å². The lowest BCUT2D eigenvalue weighted by Crippen LogP contribution is -2.32. The lowest BCUT2D eigenvalue weighted by atomic mass is 10.1. The molecule has 4 aromatic rings. The molecule has 5 rings (SSSR count). The summed E-state index contributed by atoms with van der Waals surface area (Å²) < 4.78 is 7.02. The largest absolute Gasteiger partial charge is 0.497 e. The number of amides is 1. The van der Waals surface area contributed by atoms with Gasteiger partial charge in [-0.1, -0.05) is 60.5 Å². The van der Waals surface area contributed by atoms with Crippen LogP contribution in [-0.2, 0) is 5.75 Å². The Bertz CT molecular complexity index is 1460. The Morgan fingerprint density at radius 2 is 1.86 bits per heavy atom. The maximum absolute atomic E-state index is 13.7. The summed E-state index contributed by atoms with van der Waals surface area (Å²) >= 11 is 1.49. The maximum atomic E-state index is 13.7. The third-order valence-corrected chi connectivity index (χ3v) is 7.60. The van der Waals surface area contributed by atoms with Gasteiger partial charge in [-0.05, 0) is 55.7 Å². The molecular weight excluding hydrogens is 470 g/mol. The molecule has 0 spiro atoms. The number of methoxy groups -OCH3 is 1. The van der Waals surface area contributed by atoms with Crippen LogP contribution in [0.3, 0.4) is 0 Å². The summed E-state index contributed by atoms with van der Waals surface area (Å²) in [6.07, 6.45) is 4.33. The Balaban J connectivity index is 1.56. The molecule has 1 heterocycles.